The number of anilines is 1. The highest BCUT2D eigenvalue weighted by atomic mass is 32.2. The van der Waals surface area contributed by atoms with E-state index in [0.29, 0.717) is 16.9 Å². The zero-order valence-corrected chi connectivity index (χ0v) is 23.5. The van der Waals surface area contributed by atoms with Crippen molar-refractivity contribution in [3.63, 3.8) is 0 Å². The summed E-state index contributed by atoms with van der Waals surface area (Å²) in [6.45, 7) is 6.32. The Kier molecular flexibility index (Phi) is 9.62. The van der Waals surface area contributed by atoms with E-state index in [1.165, 1.54) is 30.0 Å². The van der Waals surface area contributed by atoms with Crippen LogP contribution in [0.15, 0.2) is 77.7 Å². The number of benzene rings is 3. The van der Waals surface area contributed by atoms with Crippen molar-refractivity contribution >= 4 is 27.5 Å². The standard InChI is InChI=1S/C29H32F3N3O4S/c1-5-33-28(37)22(4)34(18-23-10-7-6-9-21(23)3)27(36)19-35(25-12-8-11-24(17-25)29(30,31)32)40(38,39)26-15-13-20(2)14-16-26/h6-17,22H,5,18-19H2,1-4H3,(H,33,37)/t22-/m0/s1. The molecule has 0 heterocycles. The molecule has 2 amide bonds. The van der Waals surface area contributed by atoms with Gasteiger partial charge in [0, 0.05) is 13.1 Å². The van der Waals surface area contributed by atoms with Crippen molar-refractivity contribution in [2.75, 3.05) is 17.4 Å². The molecule has 0 radical (unpaired) electrons. The molecule has 0 aromatic heterocycles. The molecule has 0 fully saturated rings. The van der Waals surface area contributed by atoms with E-state index in [1.54, 1.807) is 38.1 Å². The van der Waals surface area contributed by atoms with Gasteiger partial charge in [-0.3, -0.25) is 13.9 Å². The largest absolute Gasteiger partial charge is 0.416 e. The molecule has 3 aromatic rings. The van der Waals surface area contributed by atoms with E-state index in [9.17, 15) is 31.2 Å². The predicted molar refractivity (Wildman–Crippen MR) is 147 cm³/mol. The number of hydrogen-bond donors (Lipinski definition) is 1. The molecule has 0 bridgehead atoms. The number of carbonyl (C=O) groups excluding carboxylic acids is 2. The van der Waals surface area contributed by atoms with Gasteiger partial charge in [-0.05, 0) is 69.2 Å². The van der Waals surface area contributed by atoms with E-state index < -0.39 is 46.2 Å². The van der Waals surface area contributed by atoms with Crippen molar-refractivity contribution in [1.82, 2.24) is 10.2 Å². The van der Waals surface area contributed by atoms with E-state index in [0.717, 1.165) is 28.8 Å². The second kappa shape index (κ2) is 12.5. The zero-order valence-electron chi connectivity index (χ0n) is 22.7. The molecule has 1 N–H and O–H groups in total. The Bertz CT molecular complexity index is 1460. The third-order valence-electron chi connectivity index (χ3n) is 6.47. The van der Waals surface area contributed by atoms with Gasteiger partial charge < -0.3 is 10.2 Å². The second-order valence-electron chi connectivity index (χ2n) is 9.39. The summed E-state index contributed by atoms with van der Waals surface area (Å²) in [5, 5.41) is 2.66. The Labute approximate surface area is 232 Å². The van der Waals surface area contributed by atoms with Crippen LogP contribution in [0.2, 0.25) is 0 Å². The summed E-state index contributed by atoms with van der Waals surface area (Å²) < 4.78 is 68.8. The number of alkyl halides is 3. The summed E-state index contributed by atoms with van der Waals surface area (Å²) in [5.41, 5.74) is 0.976. The van der Waals surface area contributed by atoms with Crippen molar-refractivity contribution in [2.45, 2.75) is 51.4 Å². The van der Waals surface area contributed by atoms with E-state index in [4.69, 9.17) is 0 Å². The number of nitrogens with zero attached hydrogens (tertiary/aromatic N) is 2. The van der Waals surface area contributed by atoms with Gasteiger partial charge >= 0.3 is 6.18 Å². The Balaban J connectivity index is 2.10. The minimum absolute atomic E-state index is 0.00911. The van der Waals surface area contributed by atoms with Gasteiger partial charge in [-0.25, -0.2) is 8.42 Å². The summed E-state index contributed by atoms with van der Waals surface area (Å²) in [7, 11) is -4.48. The van der Waals surface area contributed by atoms with Crippen LogP contribution < -0.4 is 9.62 Å². The Morgan fingerprint density at radius 1 is 0.950 bits per heavy atom. The SMILES string of the molecule is CCNC(=O)[C@H](C)N(Cc1ccccc1C)C(=O)CN(c1cccc(C(F)(F)F)c1)S(=O)(=O)c1ccc(C)cc1. The lowest BCUT2D eigenvalue weighted by molar-refractivity contribution is -0.139. The fourth-order valence-corrected chi connectivity index (χ4v) is 5.49. The fourth-order valence-electron chi connectivity index (χ4n) is 4.08. The highest BCUT2D eigenvalue weighted by Gasteiger charge is 2.35. The first-order valence-corrected chi connectivity index (χ1v) is 14.1. The van der Waals surface area contributed by atoms with Gasteiger partial charge in [-0.2, -0.15) is 13.2 Å². The number of rotatable bonds is 10. The van der Waals surface area contributed by atoms with Gasteiger partial charge in [-0.1, -0.05) is 48.0 Å². The van der Waals surface area contributed by atoms with Crippen molar-refractivity contribution in [2.24, 2.45) is 0 Å². The molecule has 40 heavy (non-hydrogen) atoms. The highest BCUT2D eigenvalue weighted by Crippen LogP contribution is 2.33. The third kappa shape index (κ3) is 7.20. The summed E-state index contributed by atoms with van der Waals surface area (Å²) in [4.78, 5) is 27.6. The van der Waals surface area contributed by atoms with Crippen molar-refractivity contribution in [3.05, 3.63) is 95.1 Å². The zero-order chi connectivity index (χ0) is 29.7. The highest BCUT2D eigenvalue weighted by molar-refractivity contribution is 7.92. The quantitative estimate of drug-likeness (QED) is 0.366. The van der Waals surface area contributed by atoms with Crippen LogP contribution in [0.3, 0.4) is 0 Å². The lowest BCUT2D eigenvalue weighted by Gasteiger charge is -2.32. The first-order chi connectivity index (χ1) is 18.8. The fraction of sp³-hybridized carbons (Fsp3) is 0.310. The van der Waals surface area contributed by atoms with Crippen LogP contribution in [0.25, 0.3) is 0 Å². The number of sulfonamides is 1. The minimum atomic E-state index is -4.73. The number of carbonyl (C=O) groups is 2. The summed E-state index contributed by atoms with van der Waals surface area (Å²) in [6, 6.07) is 15.8. The average Bonchev–Trinajstić information content (AvgIpc) is 2.90. The van der Waals surface area contributed by atoms with E-state index in [1.807, 2.05) is 19.1 Å². The van der Waals surface area contributed by atoms with Crippen LogP contribution in [0.5, 0.6) is 0 Å². The number of likely N-dealkylation sites (N-methyl/N-ethyl adjacent to an activating group) is 1. The molecule has 0 aliphatic carbocycles. The third-order valence-corrected chi connectivity index (χ3v) is 8.26. The number of aryl methyl sites for hydroxylation is 2. The smallest absolute Gasteiger partial charge is 0.355 e. The predicted octanol–water partition coefficient (Wildman–Crippen LogP) is 5.07. The van der Waals surface area contributed by atoms with Crippen molar-refractivity contribution in [1.29, 1.82) is 0 Å². The van der Waals surface area contributed by atoms with E-state index >= 15 is 0 Å². The monoisotopic (exact) mass is 575 g/mol. The molecular formula is C29H32F3N3O4S. The number of hydrogen-bond acceptors (Lipinski definition) is 4. The number of nitrogens with one attached hydrogen (secondary N) is 1. The normalized spacial score (nSPS) is 12.5. The van der Waals surface area contributed by atoms with Crippen LogP contribution in [0, 0.1) is 13.8 Å². The van der Waals surface area contributed by atoms with Gasteiger partial charge in [-0.15, -0.1) is 0 Å². The van der Waals surface area contributed by atoms with Gasteiger partial charge in [0.25, 0.3) is 10.0 Å². The molecule has 0 aliphatic rings. The van der Waals surface area contributed by atoms with Crippen LogP contribution in [-0.4, -0.2) is 44.3 Å². The lowest BCUT2D eigenvalue weighted by atomic mass is 10.1. The van der Waals surface area contributed by atoms with E-state index in [-0.39, 0.29) is 17.1 Å². The molecule has 0 spiro atoms. The maximum atomic E-state index is 13.8. The summed E-state index contributed by atoms with van der Waals surface area (Å²) >= 11 is 0. The van der Waals surface area contributed by atoms with Gasteiger partial charge in [0.2, 0.25) is 11.8 Å². The van der Waals surface area contributed by atoms with Crippen molar-refractivity contribution in [3.8, 4) is 0 Å². The first-order valence-electron chi connectivity index (χ1n) is 12.6. The Morgan fingerprint density at radius 2 is 1.60 bits per heavy atom. The summed E-state index contributed by atoms with van der Waals surface area (Å²) in [5.74, 6) is -1.20. The molecule has 3 aromatic carbocycles. The van der Waals surface area contributed by atoms with Crippen molar-refractivity contribution < 1.29 is 31.2 Å². The lowest BCUT2D eigenvalue weighted by Crippen LogP contribution is -2.51. The van der Waals surface area contributed by atoms with Gasteiger partial charge in [0.1, 0.15) is 12.6 Å². The number of halogens is 3. The molecule has 0 aliphatic heterocycles. The molecule has 0 saturated heterocycles. The average molecular weight is 576 g/mol. The molecule has 11 heteroatoms. The van der Waals surface area contributed by atoms with E-state index in [2.05, 4.69) is 5.32 Å². The molecule has 0 saturated carbocycles. The molecule has 0 unspecified atom stereocenters. The van der Waals surface area contributed by atoms with Crippen LogP contribution in [-0.2, 0) is 32.3 Å². The Hall–Kier alpha value is -3.86. The second-order valence-corrected chi connectivity index (χ2v) is 11.3. The Morgan fingerprint density at radius 3 is 2.20 bits per heavy atom. The molecule has 3 rings (SSSR count). The van der Waals surface area contributed by atoms with Crippen LogP contribution >= 0.6 is 0 Å². The summed E-state index contributed by atoms with van der Waals surface area (Å²) in [6.07, 6.45) is -4.73. The first kappa shape index (κ1) is 30.7. The van der Waals surface area contributed by atoms with Crippen LogP contribution in [0.4, 0.5) is 18.9 Å². The van der Waals surface area contributed by atoms with Crippen LogP contribution in [0.1, 0.15) is 36.1 Å². The topological polar surface area (TPSA) is 86.8 Å². The molecule has 1 atom stereocenters. The minimum Gasteiger partial charge on any atom is -0.355 e. The van der Waals surface area contributed by atoms with Gasteiger partial charge in [0.15, 0.2) is 0 Å². The van der Waals surface area contributed by atoms with Gasteiger partial charge in [0.05, 0.1) is 16.1 Å². The maximum Gasteiger partial charge on any atom is 0.416 e. The molecule has 214 valence electrons. The molecule has 7 nitrogen and oxygen atoms in total. The maximum absolute atomic E-state index is 13.8. The number of amides is 2. The molecular weight excluding hydrogens is 543 g/mol.